The number of nitrogens with one attached hydrogen (secondary N) is 2. The van der Waals surface area contributed by atoms with Crippen molar-refractivity contribution in [3.8, 4) is 0 Å². The van der Waals surface area contributed by atoms with Crippen LogP contribution in [0.3, 0.4) is 0 Å². The molecular weight excluding hydrogens is 282 g/mol. The Morgan fingerprint density at radius 2 is 2.24 bits per heavy atom. The summed E-state index contributed by atoms with van der Waals surface area (Å²) in [6.45, 7) is 3.11. The van der Waals surface area contributed by atoms with Crippen molar-refractivity contribution in [2.24, 2.45) is 5.73 Å². The fourth-order valence-electron chi connectivity index (χ4n) is 1.37. The minimum Gasteiger partial charge on any atom is -0.383 e. The number of halogens is 1. The molecular formula is C12H18BrN3O. The van der Waals surface area contributed by atoms with Crippen molar-refractivity contribution in [3.63, 3.8) is 0 Å². The predicted molar refractivity (Wildman–Crippen MR) is 73.9 cm³/mol. The van der Waals surface area contributed by atoms with Gasteiger partial charge in [-0.05, 0) is 25.1 Å². The van der Waals surface area contributed by atoms with E-state index in [-0.39, 0.29) is 11.9 Å². The maximum absolute atomic E-state index is 11.3. The lowest BCUT2D eigenvalue weighted by atomic mass is 10.2. The lowest BCUT2D eigenvalue weighted by molar-refractivity contribution is -0.121. The SMILES string of the molecule is CC(N)CC(=O)NCCNc1cccc(Br)c1. The van der Waals surface area contributed by atoms with E-state index in [0.717, 1.165) is 10.2 Å². The molecule has 4 nitrogen and oxygen atoms in total. The Morgan fingerprint density at radius 1 is 1.47 bits per heavy atom. The van der Waals surface area contributed by atoms with Crippen molar-refractivity contribution in [3.05, 3.63) is 28.7 Å². The number of carbonyl (C=O) groups is 1. The third kappa shape index (κ3) is 6.28. The van der Waals surface area contributed by atoms with Gasteiger partial charge in [-0.3, -0.25) is 4.79 Å². The minimum atomic E-state index is -0.0898. The number of benzene rings is 1. The van der Waals surface area contributed by atoms with Crippen LogP contribution in [-0.2, 0) is 4.79 Å². The molecule has 0 aliphatic rings. The molecule has 1 unspecified atom stereocenters. The van der Waals surface area contributed by atoms with Crippen LogP contribution >= 0.6 is 15.9 Å². The normalized spacial score (nSPS) is 11.9. The largest absolute Gasteiger partial charge is 0.383 e. The standard InChI is InChI=1S/C12H18BrN3O/c1-9(14)7-12(17)16-6-5-15-11-4-2-3-10(13)8-11/h2-4,8-9,15H,5-7,14H2,1H3,(H,16,17). The summed E-state index contributed by atoms with van der Waals surface area (Å²) < 4.78 is 1.03. The van der Waals surface area contributed by atoms with Crippen LogP contribution in [0.1, 0.15) is 13.3 Å². The van der Waals surface area contributed by atoms with Gasteiger partial charge in [-0.2, -0.15) is 0 Å². The highest BCUT2D eigenvalue weighted by Gasteiger charge is 2.03. The number of hydrogen-bond donors (Lipinski definition) is 3. The van der Waals surface area contributed by atoms with Gasteiger partial charge in [-0.25, -0.2) is 0 Å². The molecule has 0 aliphatic carbocycles. The van der Waals surface area contributed by atoms with Crippen LogP contribution < -0.4 is 16.4 Å². The molecule has 1 aromatic rings. The summed E-state index contributed by atoms with van der Waals surface area (Å²) in [7, 11) is 0. The third-order valence-corrected chi connectivity index (χ3v) is 2.60. The van der Waals surface area contributed by atoms with Gasteiger partial charge < -0.3 is 16.4 Å². The first kappa shape index (κ1) is 14.0. The highest BCUT2D eigenvalue weighted by molar-refractivity contribution is 9.10. The molecule has 0 radical (unpaired) electrons. The van der Waals surface area contributed by atoms with Crippen LogP contribution in [0.25, 0.3) is 0 Å². The van der Waals surface area contributed by atoms with E-state index in [0.29, 0.717) is 19.5 Å². The molecule has 1 atom stereocenters. The van der Waals surface area contributed by atoms with Crippen molar-refractivity contribution >= 4 is 27.5 Å². The van der Waals surface area contributed by atoms with Crippen molar-refractivity contribution in [1.82, 2.24) is 5.32 Å². The molecule has 0 heterocycles. The zero-order valence-corrected chi connectivity index (χ0v) is 11.5. The van der Waals surface area contributed by atoms with E-state index < -0.39 is 0 Å². The van der Waals surface area contributed by atoms with Crippen LogP contribution in [0, 0.1) is 0 Å². The monoisotopic (exact) mass is 299 g/mol. The second-order valence-corrected chi connectivity index (χ2v) is 4.88. The molecule has 0 saturated heterocycles. The number of hydrogen-bond acceptors (Lipinski definition) is 3. The maximum Gasteiger partial charge on any atom is 0.221 e. The highest BCUT2D eigenvalue weighted by Crippen LogP contribution is 2.14. The van der Waals surface area contributed by atoms with E-state index in [1.807, 2.05) is 31.2 Å². The number of carbonyl (C=O) groups excluding carboxylic acids is 1. The lowest BCUT2D eigenvalue weighted by Gasteiger charge is -2.09. The minimum absolute atomic E-state index is 0.00366. The van der Waals surface area contributed by atoms with Gasteiger partial charge in [0.25, 0.3) is 0 Å². The van der Waals surface area contributed by atoms with Gasteiger partial charge in [0.2, 0.25) is 5.91 Å². The Hall–Kier alpha value is -1.07. The first-order valence-corrected chi connectivity index (χ1v) is 6.39. The van der Waals surface area contributed by atoms with Gasteiger partial charge in [-0.15, -0.1) is 0 Å². The van der Waals surface area contributed by atoms with Gasteiger partial charge in [0.05, 0.1) is 0 Å². The summed E-state index contributed by atoms with van der Waals surface area (Å²) in [5.74, 6) is -0.00366. The van der Waals surface area contributed by atoms with E-state index in [1.54, 1.807) is 0 Å². The molecule has 0 aromatic heterocycles. The molecule has 1 aromatic carbocycles. The van der Waals surface area contributed by atoms with Gasteiger partial charge in [0.1, 0.15) is 0 Å². The average molecular weight is 300 g/mol. The molecule has 0 aliphatic heterocycles. The second-order valence-electron chi connectivity index (χ2n) is 3.97. The number of nitrogens with two attached hydrogens (primary N) is 1. The Labute approximate surface area is 110 Å². The lowest BCUT2D eigenvalue weighted by Crippen LogP contribution is -2.32. The van der Waals surface area contributed by atoms with Gasteiger partial charge in [0.15, 0.2) is 0 Å². The molecule has 1 rings (SSSR count). The Bertz CT molecular complexity index is 369. The molecule has 0 saturated carbocycles. The molecule has 0 bridgehead atoms. The van der Waals surface area contributed by atoms with Gasteiger partial charge in [0, 0.05) is 35.7 Å². The van der Waals surface area contributed by atoms with Crippen LogP contribution in [0.4, 0.5) is 5.69 Å². The van der Waals surface area contributed by atoms with E-state index in [1.165, 1.54) is 0 Å². The molecule has 4 N–H and O–H groups in total. The first-order chi connectivity index (χ1) is 8.08. The molecule has 1 amide bonds. The molecule has 17 heavy (non-hydrogen) atoms. The van der Waals surface area contributed by atoms with Crippen molar-refractivity contribution in [2.75, 3.05) is 18.4 Å². The van der Waals surface area contributed by atoms with E-state index in [2.05, 4.69) is 26.6 Å². The zero-order chi connectivity index (χ0) is 12.7. The Morgan fingerprint density at radius 3 is 2.88 bits per heavy atom. The van der Waals surface area contributed by atoms with Crippen molar-refractivity contribution in [1.29, 1.82) is 0 Å². The smallest absolute Gasteiger partial charge is 0.221 e. The first-order valence-electron chi connectivity index (χ1n) is 5.59. The summed E-state index contributed by atoms with van der Waals surface area (Å²) in [6, 6.07) is 7.81. The molecule has 0 spiro atoms. The van der Waals surface area contributed by atoms with E-state index >= 15 is 0 Å². The van der Waals surface area contributed by atoms with Crippen LogP contribution in [0.2, 0.25) is 0 Å². The summed E-state index contributed by atoms with van der Waals surface area (Å²) in [5.41, 5.74) is 6.55. The maximum atomic E-state index is 11.3. The average Bonchev–Trinajstić information content (AvgIpc) is 2.23. The van der Waals surface area contributed by atoms with E-state index in [9.17, 15) is 4.79 Å². The van der Waals surface area contributed by atoms with Crippen LogP contribution in [0.5, 0.6) is 0 Å². The number of anilines is 1. The second kappa shape index (κ2) is 7.29. The quantitative estimate of drug-likeness (QED) is 0.701. The predicted octanol–water partition coefficient (Wildman–Crippen LogP) is 1.71. The van der Waals surface area contributed by atoms with Crippen LogP contribution in [-0.4, -0.2) is 25.0 Å². The van der Waals surface area contributed by atoms with Crippen molar-refractivity contribution in [2.45, 2.75) is 19.4 Å². The summed E-state index contributed by atoms with van der Waals surface area (Å²) >= 11 is 3.40. The van der Waals surface area contributed by atoms with Gasteiger partial charge >= 0.3 is 0 Å². The summed E-state index contributed by atoms with van der Waals surface area (Å²) in [6.07, 6.45) is 0.372. The fraction of sp³-hybridized carbons (Fsp3) is 0.417. The summed E-state index contributed by atoms with van der Waals surface area (Å²) in [5, 5.41) is 6.02. The third-order valence-electron chi connectivity index (χ3n) is 2.11. The molecule has 5 heteroatoms. The zero-order valence-electron chi connectivity index (χ0n) is 9.87. The Balaban J connectivity index is 2.18. The fourth-order valence-corrected chi connectivity index (χ4v) is 1.77. The Kier molecular flexibility index (Phi) is 6.00. The van der Waals surface area contributed by atoms with Crippen molar-refractivity contribution < 1.29 is 4.79 Å². The summed E-state index contributed by atoms with van der Waals surface area (Å²) in [4.78, 5) is 11.3. The van der Waals surface area contributed by atoms with E-state index in [4.69, 9.17) is 5.73 Å². The molecule has 94 valence electrons. The van der Waals surface area contributed by atoms with Crippen LogP contribution in [0.15, 0.2) is 28.7 Å². The molecule has 0 fully saturated rings. The number of amides is 1. The number of rotatable bonds is 6. The highest BCUT2D eigenvalue weighted by atomic mass is 79.9. The van der Waals surface area contributed by atoms with Gasteiger partial charge in [-0.1, -0.05) is 22.0 Å². The topological polar surface area (TPSA) is 67.2 Å².